The molecule has 25 N–H and O–H groups in total. The summed E-state index contributed by atoms with van der Waals surface area (Å²) < 4.78 is 0. The van der Waals surface area contributed by atoms with Gasteiger partial charge in [0.15, 0.2) is 11.9 Å². The van der Waals surface area contributed by atoms with Crippen molar-refractivity contribution >= 4 is 71.0 Å². The van der Waals surface area contributed by atoms with Crippen LogP contribution in [0.5, 0.6) is 0 Å². The maximum atomic E-state index is 13.7. The number of rotatable bonds is 39. The lowest BCUT2D eigenvalue weighted by molar-refractivity contribution is -0.134. The van der Waals surface area contributed by atoms with Crippen LogP contribution in [0, 0.1) is 11.8 Å². The molecule has 0 aromatic carbocycles. The molecule has 0 aliphatic rings. The summed E-state index contributed by atoms with van der Waals surface area (Å²) in [7, 11) is 0. The molecule has 0 radical (unpaired) electrons. The molecule has 0 fully saturated rings. The molecule has 0 bridgehead atoms. The second-order valence-corrected chi connectivity index (χ2v) is 18.1. The summed E-state index contributed by atoms with van der Waals surface area (Å²) >= 11 is 0. The van der Waals surface area contributed by atoms with Gasteiger partial charge in [0.2, 0.25) is 59.1 Å². The highest BCUT2D eigenvalue weighted by atomic mass is 16.2. The second-order valence-electron chi connectivity index (χ2n) is 18.1. The molecule has 6 atom stereocenters. The zero-order chi connectivity index (χ0) is 55.5. The average Bonchev–Trinajstić information content (AvgIpc) is 3.31. The van der Waals surface area contributed by atoms with E-state index in [9.17, 15) is 47.9 Å². The summed E-state index contributed by atoms with van der Waals surface area (Å²) in [5.41, 5.74) is 43.9. The monoisotopic (exact) mass is 1040 g/mol. The number of unbranched alkanes of at least 4 members (excludes halogenated alkanes) is 2. The van der Waals surface area contributed by atoms with E-state index in [1.165, 1.54) is 0 Å². The predicted octanol–water partition coefficient (Wildman–Crippen LogP) is -6.85. The molecule has 0 aliphatic carbocycles. The van der Waals surface area contributed by atoms with Crippen LogP contribution in [0.3, 0.4) is 0 Å². The Balaban J connectivity index is 5.62. The zero-order valence-corrected chi connectivity index (χ0v) is 42.9. The minimum atomic E-state index is -1.18. The molecular weight excluding hydrogens is 955 g/mol. The smallest absolute Gasteiger partial charge is 0.243 e. The van der Waals surface area contributed by atoms with Gasteiger partial charge in [0.25, 0.3) is 0 Å². The molecule has 73 heavy (non-hydrogen) atoms. The Kier molecular flexibility index (Phi) is 34.3. The molecule has 0 saturated heterocycles. The highest BCUT2D eigenvalue weighted by molar-refractivity contribution is 5.96. The van der Waals surface area contributed by atoms with Gasteiger partial charge in [0.1, 0.15) is 30.2 Å². The van der Waals surface area contributed by atoms with Crippen molar-refractivity contribution in [3.63, 3.8) is 0 Å². The van der Waals surface area contributed by atoms with Gasteiger partial charge < -0.3 is 93.7 Å². The first-order valence-corrected chi connectivity index (χ1v) is 24.5. The number of amides is 10. The lowest BCUT2D eigenvalue weighted by Gasteiger charge is -2.25. The second kappa shape index (κ2) is 37.8. The maximum Gasteiger partial charge on any atom is 0.243 e. The molecule has 29 heteroatoms. The molecule has 0 rings (SSSR count). The van der Waals surface area contributed by atoms with Gasteiger partial charge in [-0.05, 0) is 102 Å². The maximum absolute atomic E-state index is 13.7. The highest BCUT2D eigenvalue weighted by Crippen LogP contribution is 2.09. The van der Waals surface area contributed by atoms with E-state index >= 15 is 0 Å². The fourth-order valence-corrected chi connectivity index (χ4v) is 6.77. The van der Waals surface area contributed by atoms with Gasteiger partial charge in [-0.2, -0.15) is 0 Å². The summed E-state index contributed by atoms with van der Waals surface area (Å²) in [5, 5.41) is 22.5. The van der Waals surface area contributed by atoms with Crippen LogP contribution in [0.1, 0.15) is 105 Å². The van der Waals surface area contributed by atoms with Crippen LogP contribution < -0.4 is 93.7 Å². The topological polar surface area (TPSA) is 512 Å². The first-order valence-electron chi connectivity index (χ1n) is 24.5. The Morgan fingerprint density at radius 3 is 1.21 bits per heavy atom. The predicted molar refractivity (Wildman–Crippen MR) is 273 cm³/mol. The van der Waals surface area contributed by atoms with E-state index < -0.39 is 122 Å². The summed E-state index contributed by atoms with van der Waals surface area (Å²) in [4.78, 5) is 137. The van der Waals surface area contributed by atoms with Crippen molar-refractivity contribution in [2.24, 2.45) is 67.7 Å². The quantitative estimate of drug-likeness (QED) is 0.0155. The van der Waals surface area contributed by atoms with Gasteiger partial charge in [0, 0.05) is 13.1 Å². The number of carbonyl (C=O) groups is 10. The molecule has 0 spiro atoms. The summed E-state index contributed by atoms with van der Waals surface area (Å²) in [5.74, 6) is -7.71. The fourth-order valence-electron chi connectivity index (χ4n) is 6.77. The third kappa shape index (κ3) is 32.7. The largest absolute Gasteiger partial charge is 0.370 e. The standard InChI is InChI=1S/C44H85N19O10/c1-25(2)19-31(40(71)57-23-35(66)59-28(37(48)68)12-5-7-15-45)61-36(67)24-58-41(72)32(20-26(3)4)63-42(73)30(13-6-8-16-46)60-34(65)22-55-33(64)21-56-39(70)29(14-10-18-54-44(51)52)62-38(69)27(47)11-9-17-53-43(49)50/h25-32H,5-24,45-47H2,1-4H3,(H2,48,68)(H,55,64)(H,56,70)(H,57,71)(H,58,72)(H,59,66)(H,60,65)(H,61,67)(H,62,69)(H,63,73)(H4,49,50,53)(H4,51,52,54)/t27-,28-,29-,30-,31-,32-/m0/s1. The van der Waals surface area contributed by atoms with Crippen molar-refractivity contribution in [3.8, 4) is 0 Å². The Bertz CT molecular complexity index is 1840. The molecule has 0 saturated carbocycles. The first-order chi connectivity index (χ1) is 34.4. The SMILES string of the molecule is CC(C)C[C@H](NC(=O)CNC(=O)[C@H](CC(C)C)NC(=O)[C@H](CCCCN)NC(=O)CNC(=O)CNC(=O)[C@H](CCCN=C(N)N)NC(=O)[C@@H](N)CCCN=C(N)N)C(=O)NCC(=O)N[C@@H](CCCCN)C(N)=O. The van der Waals surface area contributed by atoms with E-state index in [1.54, 1.807) is 13.8 Å². The minimum Gasteiger partial charge on any atom is -0.370 e. The number of hydrogen-bond donors (Lipinski definition) is 17. The van der Waals surface area contributed by atoms with E-state index in [2.05, 4.69) is 57.8 Å². The fraction of sp³-hybridized carbons (Fsp3) is 0.727. The summed E-state index contributed by atoms with van der Waals surface area (Å²) in [6, 6.07) is -6.54. The van der Waals surface area contributed by atoms with Crippen LogP contribution in [0.25, 0.3) is 0 Å². The number of primary amides is 1. The van der Waals surface area contributed by atoms with Crippen LogP contribution in [-0.4, -0.2) is 160 Å². The van der Waals surface area contributed by atoms with E-state index in [0.29, 0.717) is 45.2 Å². The molecule has 0 aromatic rings. The molecule has 0 aromatic heterocycles. The Morgan fingerprint density at radius 1 is 0.397 bits per heavy atom. The molecule has 416 valence electrons. The van der Waals surface area contributed by atoms with Crippen molar-refractivity contribution in [2.45, 2.75) is 141 Å². The summed E-state index contributed by atoms with van der Waals surface area (Å²) in [6.45, 7) is 6.02. The lowest BCUT2D eigenvalue weighted by Crippen LogP contribution is -2.56. The average molecular weight is 1040 g/mol. The first kappa shape index (κ1) is 66.1. The number of nitrogens with zero attached hydrogens (tertiary/aromatic N) is 2. The molecule has 0 aliphatic heterocycles. The van der Waals surface area contributed by atoms with Gasteiger partial charge in [-0.15, -0.1) is 0 Å². The Labute approximate surface area is 427 Å². The summed E-state index contributed by atoms with van der Waals surface area (Å²) in [6.07, 6.45) is 3.69. The molecule has 0 heterocycles. The minimum absolute atomic E-state index is 0.0744. The highest BCUT2D eigenvalue weighted by Gasteiger charge is 2.30. The number of carbonyl (C=O) groups excluding carboxylic acids is 10. The number of guanidine groups is 2. The van der Waals surface area contributed by atoms with E-state index in [0.717, 1.165) is 0 Å². The van der Waals surface area contributed by atoms with Crippen LogP contribution >= 0.6 is 0 Å². The number of nitrogens with one attached hydrogen (secondary N) is 9. The van der Waals surface area contributed by atoms with Gasteiger partial charge >= 0.3 is 0 Å². The molecule has 29 nitrogen and oxygen atoms in total. The van der Waals surface area contributed by atoms with Gasteiger partial charge in [-0.3, -0.25) is 57.9 Å². The van der Waals surface area contributed by atoms with E-state index in [-0.39, 0.29) is 81.8 Å². The molecule has 10 amide bonds. The Morgan fingerprint density at radius 2 is 0.753 bits per heavy atom. The van der Waals surface area contributed by atoms with Crippen LogP contribution in [-0.2, 0) is 47.9 Å². The lowest BCUT2D eigenvalue weighted by atomic mass is 10.0. The van der Waals surface area contributed by atoms with E-state index in [4.69, 9.17) is 45.9 Å². The molecule has 0 unspecified atom stereocenters. The normalized spacial score (nSPS) is 13.3. The zero-order valence-electron chi connectivity index (χ0n) is 42.9. The molecular formula is C44H85N19O10. The van der Waals surface area contributed by atoms with Gasteiger partial charge in [-0.1, -0.05) is 27.7 Å². The van der Waals surface area contributed by atoms with Gasteiger partial charge in [-0.25, -0.2) is 0 Å². The van der Waals surface area contributed by atoms with E-state index in [1.807, 2.05) is 13.8 Å². The number of aliphatic imine (C=N–C) groups is 2. The third-order valence-electron chi connectivity index (χ3n) is 10.5. The van der Waals surface area contributed by atoms with Crippen molar-refractivity contribution < 1.29 is 47.9 Å². The third-order valence-corrected chi connectivity index (χ3v) is 10.5. The van der Waals surface area contributed by atoms with Crippen molar-refractivity contribution in [1.29, 1.82) is 0 Å². The van der Waals surface area contributed by atoms with Crippen molar-refractivity contribution in [2.75, 3.05) is 52.4 Å². The van der Waals surface area contributed by atoms with Crippen LogP contribution in [0.15, 0.2) is 9.98 Å². The number of hydrogen-bond acceptors (Lipinski definition) is 15. The van der Waals surface area contributed by atoms with Crippen LogP contribution in [0.2, 0.25) is 0 Å². The Hall–Kier alpha value is -6.88. The van der Waals surface area contributed by atoms with Crippen molar-refractivity contribution in [3.05, 3.63) is 0 Å². The van der Waals surface area contributed by atoms with Crippen LogP contribution in [0.4, 0.5) is 0 Å². The van der Waals surface area contributed by atoms with Gasteiger partial charge in [0.05, 0.1) is 32.2 Å². The van der Waals surface area contributed by atoms with Crippen molar-refractivity contribution in [1.82, 2.24) is 47.9 Å². The number of nitrogens with two attached hydrogens (primary N) is 8.